The van der Waals surface area contributed by atoms with Crippen LogP contribution < -0.4 is 5.32 Å². The fourth-order valence-corrected chi connectivity index (χ4v) is 3.61. The first kappa shape index (κ1) is 14.0. The number of aromatic nitrogens is 1. The van der Waals surface area contributed by atoms with Crippen LogP contribution >= 0.6 is 11.3 Å². The van der Waals surface area contributed by atoms with Gasteiger partial charge >= 0.3 is 0 Å². The lowest BCUT2D eigenvalue weighted by atomic mass is 10.2. The number of rotatable bonds is 5. The van der Waals surface area contributed by atoms with Gasteiger partial charge in [-0.15, -0.1) is 11.3 Å². The van der Waals surface area contributed by atoms with E-state index >= 15 is 0 Å². The lowest BCUT2D eigenvalue weighted by Crippen LogP contribution is -2.30. The van der Waals surface area contributed by atoms with Gasteiger partial charge in [0, 0.05) is 11.5 Å². The van der Waals surface area contributed by atoms with Crippen molar-refractivity contribution >= 4 is 22.4 Å². The summed E-state index contributed by atoms with van der Waals surface area (Å²) < 4.78 is 11.1. The predicted molar refractivity (Wildman–Crippen MR) is 77.2 cm³/mol. The van der Waals surface area contributed by atoms with Crippen LogP contribution in [0.2, 0.25) is 0 Å². The quantitative estimate of drug-likeness (QED) is 0.904. The van der Waals surface area contributed by atoms with Crippen molar-refractivity contribution in [1.29, 1.82) is 0 Å². The van der Waals surface area contributed by atoms with Gasteiger partial charge in [-0.3, -0.25) is 10.1 Å². The van der Waals surface area contributed by atoms with E-state index in [9.17, 15) is 4.79 Å². The third-order valence-electron chi connectivity index (χ3n) is 3.75. The van der Waals surface area contributed by atoms with E-state index in [1.807, 2.05) is 0 Å². The maximum Gasteiger partial charge on any atom is 0.254 e. The van der Waals surface area contributed by atoms with E-state index in [0.717, 1.165) is 38.0 Å². The molecule has 1 aliphatic carbocycles. The summed E-state index contributed by atoms with van der Waals surface area (Å²) >= 11 is 1.59. The van der Waals surface area contributed by atoms with Crippen molar-refractivity contribution in [1.82, 2.24) is 4.98 Å². The molecule has 1 N–H and O–H groups in total. The summed E-state index contributed by atoms with van der Waals surface area (Å²) in [6.07, 6.45) is 5.09. The molecule has 110 valence electrons. The molecule has 20 heavy (non-hydrogen) atoms. The SMILES string of the molecule is C[C@H](OC[C@@H]1CCCO1)C(=O)Nc1nc2c(s1)CCC2. The fraction of sp³-hybridized carbons (Fsp3) is 0.714. The molecule has 1 aromatic rings. The van der Waals surface area contributed by atoms with E-state index in [1.54, 1.807) is 18.3 Å². The first-order valence-corrected chi connectivity index (χ1v) is 8.06. The Morgan fingerprint density at radius 1 is 1.55 bits per heavy atom. The third-order valence-corrected chi connectivity index (χ3v) is 4.82. The molecular formula is C14H20N2O3S. The highest BCUT2D eigenvalue weighted by Gasteiger charge is 2.22. The largest absolute Gasteiger partial charge is 0.376 e. The second kappa shape index (κ2) is 6.20. The van der Waals surface area contributed by atoms with Crippen molar-refractivity contribution in [2.24, 2.45) is 0 Å². The highest BCUT2D eigenvalue weighted by atomic mass is 32.1. The number of hydrogen-bond acceptors (Lipinski definition) is 5. The number of amides is 1. The molecule has 0 aromatic carbocycles. The molecule has 0 radical (unpaired) electrons. The first-order chi connectivity index (χ1) is 9.72. The van der Waals surface area contributed by atoms with E-state index in [4.69, 9.17) is 9.47 Å². The van der Waals surface area contributed by atoms with Gasteiger partial charge in [-0.2, -0.15) is 0 Å². The van der Waals surface area contributed by atoms with Crippen molar-refractivity contribution in [2.75, 3.05) is 18.5 Å². The normalized spacial score (nSPS) is 22.8. The Hall–Kier alpha value is -0.980. The molecular weight excluding hydrogens is 276 g/mol. The van der Waals surface area contributed by atoms with Gasteiger partial charge in [0.05, 0.1) is 18.4 Å². The molecule has 1 saturated heterocycles. The lowest BCUT2D eigenvalue weighted by Gasteiger charge is -2.15. The molecule has 5 nitrogen and oxygen atoms in total. The van der Waals surface area contributed by atoms with Crippen molar-refractivity contribution in [2.45, 2.75) is 51.2 Å². The van der Waals surface area contributed by atoms with Crippen LogP contribution in [0.3, 0.4) is 0 Å². The number of ether oxygens (including phenoxy) is 2. The van der Waals surface area contributed by atoms with E-state index in [0.29, 0.717) is 11.7 Å². The van der Waals surface area contributed by atoms with Gasteiger partial charge in [-0.1, -0.05) is 0 Å². The maximum atomic E-state index is 12.0. The van der Waals surface area contributed by atoms with Crippen molar-refractivity contribution in [3.05, 3.63) is 10.6 Å². The van der Waals surface area contributed by atoms with E-state index < -0.39 is 6.10 Å². The minimum absolute atomic E-state index is 0.129. The van der Waals surface area contributed by atoms with Crippen LogP contribution in [0.1, 0.15) is 36.8 Å². The molecule has 0 bridgehead atoms. The molecule has 0 unspecified atom stereocenters. The van der Waals surface area contributed by atoms with Crippen LogP contribution in [0.4, 0.5) is 5.13 Å². The monoisotopic (exact) mass is 296 g/mol. The highest BCUT2D eigenvalue weighted by Crippen LogP contribution is 2.30. The minimum atomic E-state index is -0.474. The number of thiazole rings is 1. The average Bonchev–Trinajstić information content (AvgIpc) is 3.11. The lowest BCUT2D eigenvalue weighted by molar-refractivity contribution is -0.128. The Morgan fingerprint density at radius 2 is 2.45 bits per heavy atom. The molecule has 1 aromatic heterocycles. The molecule has 1 fully saturated rings. The summed E-state index contributed by atoms with van der Waals surface area (Å²) in [5.41, 5.74) is 1.15. The highest BCUT2D eigenvalue weighted by molar-refractivity contribution is 7.15. The zero-order chi connectivity index (χ0) is 13.9. The summed E-state index contributed by atoms with van der Waals surface area (Å²) in [5, 5.41) is 3.55. The topological polar surface area (TPSA) is 60.5 Å². The smallest absolute Gasteiger partial charge is 0.254 e. The summed E-state index contributed by atoms with van der Waals surface area (Å²) in [6, 6.07) is 0. The van der Waals surface area contributed by atoms with Crippen molar-refractivity contribution < 1.29 is 14.3 Å². The van der Waals surface area contributed by atoms with Crippen LogP contribution in [0.5, 0.6) is 0 Å². The molecule has 2 atom stereocenters. The van der Waals surface area contributed by atoms with Gasteiger partial charge in [0.1, 0.15) is 6.10 Å². The molecule has 1 amide bonds. The molecule has 3 rings (SSSR count). The number of nitrogens with one attached hydrogen (secondary N) is 1. The van der Waals surface area contributed by atoms with Crippen LogP contribution in [0, 0.1) is 0 Å². The van der Waals surface area contributed by atoms with E-state index in [-0.39, 0.29) is 12.0 Å². The van der Waals surface area contributed by atoms with Gasteiger partial charge in [-0.25, -0.2) is 4.98 Å². The first-order valence-electron chi connectivity index (χ1n) is 7.25. The van der Waals surface area contributed by atoms with Crippen LogP contribution in [-0.4, -0.2) is 36.3 Å². The Labute approximate surface area is 122 Å². The Bertz CT molecular complexity index is 461. The Kier molecular flexibility index (Phi) is 4.33. The molecule has 2 aliphatic rings. The van der Waals surface area contributed by atoms with Gasteiger partial charge in [0.25, 0.3) is 5.91 Å². The van der Waals surface area contributed by atoms with Crippen LogP contribution in [0.25, 0.3) is 0 Å². The Morgan fingerprint density at radius 3 is 3.20 bits per heavy atom. The fourth-order valence-electron chi connectivity index (χ4n) is 2.55. The number of anilines is 1. The standard InChI is InChI=1S/C14H20N2O3S/c1-9(19-8-10-4-3-7-18-10)13(17)16-14-15-11-5-2-6-12(11)20-14/h9-10H,2-8H2,1H3,(H,15,16,17)/t9-,10-/m0/s1. The zero-order valence-corrected chi connectivity index (χ0v) is 12.5. The molecule has 2 heterocycles. The molecule has 6 heteroatoms. The van der Waals surface area contributed by atoms with Gasteiger partial charge in [0.15, 0.2) is 5.13 Å². The summed E-state index contributed by atoms with van der Waals surface area (Å²) in [6.45, 7) is 3.06. The zero-order valence-electron chi connectivity index (χ0n) is 11.7. The molecule has 1 aliphatic heterocycles. The number of carbonyl (C=O) groups excluding carboxylic acids is 1. The van der Waals surface area contributed by atoms with Gasteiger partial charge in [-0.05, 0) is 39.0 Å². The number of aryl methyl sites for hydroxylation is 2. The number of hydrogen-bond donors (Lipinski definition) is 1. The second-order valence-corrected chi connectivity index (χ2v) is 6.43. The summed E-state index contributed by atoms with van der Waals surface area (Å²) in [7, 11) is 0. The number of fused-ring (bicyclic) bond motifs is 1. The second-order valence-electron chi connectivity index (χ2n) is 5.34. The maximum absolute atomic E-state index is 12.0. The number of nitrogens with zero attached hydrogens (tertiary/aromatic N) is 1. The predicted octanol–water partition coefficient (Wildman–Crippen LogP) is 2.15. The minimum Gasteiger partial charge on any atom is -0.376 e. The van der Waals surface area contributed by atoms with Crippen LogP contribution in [0.15, 0.2) is 0 Å². The van der Waals surface area contributed by atoms with E-state index in [1.165, 1.54) is 11.3 Å². The van der Waals surface area contributed by atoms with Crippen molar-refractivity contribution in [3.8, 4) is 0 Å². The summed E-state index contributed by atoms with van der Waals surface area (Å²) in [4.78, 5) is 17.8. The average molecular weight is 296 g/mol. The molecule has 0 saturated carbocycles. The van der Waals surface area contributed by atoms with Crippen molar-refractivity contribution in [3.63, 3.8) is 0 Å². The van der Waals surface area contributed by atoms with E-state index in [2.05, 4.69) is 10.3 Å². The van der Waals surface area contributed by atoms with Gasteiger partial charge < -0.3 is 9.47 Å². The summed E-state index contributed by atoms with van der Waals surface area (Å²) in [5.74, 6) is -0.129. The Balaban J connectivity index is 1.47. The number of carbonyl (C=O) groups is 1. The molecule has 0 spiro atoms. The third kappa shape index (κ3) is 3.19. The van der Waals surface area contributed by atoms with Crippen LogP contribution in [-0.2, 0) is 27.1 Å². The van der Waals surface area contributed by atoms with Gasteiger partial charge in [0.2, 0.25) is 0 Å².